The molecule has 1 saturated heterocycles. The van der Waals surface area contributed by atoms with Crippen LogP contribution < -0.4 is 5.73 Å². The first-order valence-electron chi connectivity index (χ1n) is 6.16. The van der Waals surface area contributed by atoms with Gasteiger partial charge in [0.05, 0.1) is 6.10 Å². The summed E-state index contributed by atoms with van der Waals surface area (Å²) in [7, 11) is 0. The fourth-order valence-corrected chi connectivity index (χ4v) is 3.00. The van der Waals surface area contributed by atoms with Crippen LogP contribution in [0.5, 0.6) is 0 Å². The Morgan fingerprint density at radius 3 is 2.43 bits per heavy atom. The molecule has 0 aromatic heterocycles. The molecule has 0 amide bonds. The molecule has 82 valence electrons. The van der Waals surface area contributed by atoms with Gasteiger partial charge in [-0.3, -0.25) is 0 Å². The summed E-state index contributed by atoms with van der Waals surface area (Å²) in [4.78, 5) is 0. The van der Waals surface area contributed by atoms with Crippen molar-refractivity contribution in [3.05, 3.63) is 0 Å². The maximum absolute atomic E-state index is 6.32. The highest BCUT2D eigenvalue weighted by Gasteiger charge is 2.34. The van der Waals surface area contributed by atoms with E-state index < -0.39 is 0 Å². The third kappa shape index (κ3) is 2.12. The number of nitrogens with two attached hydrogens (primary N) is 1. The van der Waals surface area contributed by atoms with Gasteiger partial charge in [-0.25, -0.2) is 0 Å². The van der Waals surface area contributed by atoms with Gasteiger partial charge >= 0.3 is 0 Å². The van der Waals surface area contributed by atoms with Gasteiger partial charge in [0.2, 0.25) is 0 Å². The van der Waals surface area contributed by atoms with Gasteiger partial charge in [0, 0.05) is 12.6 Å². The summed E-state index contributed by atoms with van der Waals surface area (Å²) in [6.45, 7) is 3.20. The van der Waals surface area contributed by atoms with Gasteiger partial charge in [-0.2, -0.15) is 0 Å². The standard InChI is InChI=1S/C12H23NO/c1-9-7-8-14-12(9)11(13)10-5-3-2-4-6-10/h9-12H,2-8,13H2,1H3. The minimum atomic E-state index is 0.299. The quantitative estimate of drug-likeness (QED) is 0.737. The lowest BCUT2D eigenvalue weighted by Gasteiger charge is -2.32. The molecule has 1 aliphatic carbocycles. The molecule has 0 aromatic carbocycles. The van der Waals surface area contributed by atoms with E-state index in [2.05, 4.69) is 6.92 Å². The highest BCUT2D eigenvalue weighted by molar-refractivity contribution is 4.88. The molecule has 2 aliphatic rings. The first-order chi connectivity index (χ1) is 6.79. The van der Waals surface area contributed by atoms with Crippen LogP contribution in [-0.2, 0) is 4.74 Å². The van der Waals surface area contributed by atoms with Gasteiger partial charge in [-0.1, -0.05) is 26.2 Å². The summed E-state index contributed by atoms with van der Waals surface area (Å²) < 4.78 is 5.76. The average Bonchev–Trinajstić information content (AvgIpc) is 2.65. The Balaban J connectivity index is 1.89. The van der Waals surface area contributed by atoms with Crippen LogP contribution in [-0.4, -0.2) is 18.8 Å². The zero-order chi connectivity index (χ0) is 9.97. The molecule has 3 atom stereocenters. The van der Waals surface area contributed by atoms with Gasteiger partial charge in [-0.15, -0.1) is 0 Å². The number of hydrogen-bond donors (Lipinski definition) is 1. The molecule has 0 aromatic rings. The van der Waals surface area contributed by atoms with Crippen LogP contribution >= 0.6 is 0 Å². The van der Waals surface area contributed by atoms with Crippen LogP contribution in [0, 0.1) is 11.8 Å². The Hall–Kier alpha value is -0.0800. The molecule has 3 unspecified atom stereocenters. The first-order valence-corrected chi connectivity index (χ1v) is 6.16. The van der Waals surface area contributed by atoms with E-state index in [4.69, 9.17) is 10.5 Å². The summed E-state index contributed by atoms with van der Waals surface area (Å²) in [6.07, 6.45) is 8.36. The summed E-state index contributed by atoms with van der Waals surface area (Å²) in [6, 6.07) is 0.299. The fraction of sp³-hybridized carbons (Fsp3) is 1.00. The van der Waals surface area contributed by atoms with E-state index in [1.165, 1.54) is 38.5 Å². The molecule has 2 fully saturated rings. The molecule has 2 rings (SSSR count). The molecular formula is C12H23NO. The minimum absolute atomic E-state index is 0.299. The number of rotatable bonds is 2. The SMILES string of the molecule is CC1CCOC1C(N)C1CCCCC1. The largest absolute Gasteiger partial charge is 0.376 e. The maximum atomic E-state index is 6.32. The minimum Gasteiger partial charge on any atom is -0.376 e. The van der Waals surface area contributed by atoms with Crippen LogP contribution in [0.2, 0.25) is 0 Å². The predicted molar refractivity (Wildman–Crippen MR) is 58.1 cm³/mol. The van der Waals surface area contributed by atoms with E-state index >= 15 is 0 Å². The van der Waals surface area contributed by atoms with Crippen molar-refractivity contribution in [2.24, 2.45) is 17.6 Å². The number of hydrogen-bond acceptors (Lipinski definition) is 2. The van der Waals surface area contributed by atoms with Crippen LogP contribution in [0.4, 0.5) is 0 Å². The van der Waals surface area contributed by atoms with Crippen LogP contribution in [0.15, 0.2) is 0 Å². The van der Waals surface area contributed by atoms with E-state index in [0.29, 0.717) is 18.1 Å². The smallest absolute Gasteiger partial charge is 0.0754 e. The number of ether oxygens (including phenoxy) is 1. The zero-order valence-corrected chi connectivity index (χ0v) is 9.24. The van der Waals surface area contributed by atoms with Gasteiger partial charge in [0.1, 0.15) is 0 Å². The molecule has 0 spiro atoms. The topological polar surface area (TPSA) is 35.2 Å². The first kappa shape index (κ1) is 10.4. The van der Waals surface area contributed by atoms with Crippen molar-refractivity contribution in [3.63, 3.8) is 0 Å². The molecule has 2 heteroatoms. The average molecular weight is 197 g/mol. The summed E-state index contributed by atoms with van der Waals surface area (Å²) in [5, 5.41) is 0. The Morgan fingerprint density at radius 2 is 1.86 bits per heavy atom. The van der Waals surface area contributed by atoms with Crippen molar-refractivity contribution in [1.82, 2.24) is 0 Å². The normalized spacial score (nSPS) is 37.3. The second-order valence-corrected chi connectivity index (χ2v) is 5.08. The van der Waals surface area contributed by atoms with Crippen LogP contribution in [0.25, 0.3) is 0 Å². The molecule has 1 heterocycles. The van der Waals surface area contributed by atoms with E-state index in [0.717, 1.165) is 12.5 Å². The van der Waals surface area contributed by atoms with Crippen molar-refractivity contribution in [1.29, 1.82) is 0 Å². The molecular weight excluding hydrogens is 174 g/mol. The Bertz CT molecular complexity index is 177. The Morgan fingerprint density at radius 1 is 1.14 bits per heavy atom. The third-order valence-electron chi connectivity index (χ3n) is 4.02. The van der Waals surface area contributed by atoms with Gasteiger partial charge in [0.25, 0.3) is 0 Å². The molecule has 0 radical (unpaired) electrons. The summed E-state index contributed by atoms with van der Waals surface area (Å²) in [5.41, 5.74) is 6.32. The third-order valence-corrected chi connectivity index (χ3v) is 4.02. The van der Waals surface area contributed by atoms with Crippen molar-refractivity contribution >= 4 is 0 Å². The molecule has 2 nitrogen and oxygen atoms in total. The highest BCUT2D eigenvalue weighted by atomic mass is 16.5. The summed E-state index contributed by atoms with van der Waals surface area (Å²) >= 11 is 0. The van der Waals surface area contributed by atoms with E-state index in [1.807, 2.05) is 0 Å². The van der Waals surface area contributed by atoms with Crippen molar-refractivity contribution in [2.45, 2.75) is 57.6 Å². The van der Waals surface area contributed by atoms with Gasteiger partial charge in [0.15, 0.2) is 0 Å². The van der Waals surface area contributed by atoms with E-state index in [1.54, 1.807) is 0 Å². The van der Waals surface area contributed by atoms with Crippen molar-refractivity contribution in [2.75, 3.05) is 6.61 Å². The van der Waals surface area contributed by atoms with Gasteiger partial charge in [-0.05, 0) is 31.1 Å². The zero-order valence-electron chi connectivity index (χ0n) is 9.24. The lowest BCUT2D eigenvalue weighted by molar-refractivity contribution is 0.0476. The van der Waals surface area contributed by atoms with E-state index in [-0.39, 0.29) is 0 Å². The lowest BCUT2D eigenvalue weighted by Crippen LogP contribution is -2.44. The molecule has 0 bridgehead atoms. The predicted octanol–water partition coefficient (Wildman–Crippen LogP) is 2.32. The molecule has 14 heavy (non-hydrogen) atoms. The molecule has 1 aliphatic heterocycles. The van der Waals surface area contributed by atoms with Crippen LogP contribution in [0.3, 0.4) is 0 Å². The van der Waals surface area contributed by atoms with Crippen molar-refractivity contribution in [3.8, 4) is 0 Å². The van der Waals surface area contributed by atoms with Crippen LogP contribution in [0.1, 0.15) is 45.4 Å². The Kier molecular flexibility index (Phi) is 3.45. The fourth-order valence-electron chi connectivity index (χ4n) is 3.00. The second-order valence-electron chi connectivity index (χ2n) is 5.08. The van der Waals surface area contributed by atoms with Gasteiger partial charge < -0.3 is 10.5 Å². The monoisotopic (exact) mass is 197 g/mol. The highest BCUT2D eigenvalue weighted by Crippen LogP contribution is 2.32. The second kappa shape index (κ2) is 4.63. The van der Waals surface area contributed by atoms with Crippen molar-refractivity contribution < 1.29 is 4.74 Å². The maximum Gasteiger partial charge on any atom is 0.0754 e. The Labute approximate surface area is 87.2 Å². The summed E-state index contributed by atoms with van der Waals surface area (Å²) in [5.74, 6) is 1.40. The molecule has 2 N–H and O–H groups in total. The van der Waals surface area contributed by atoms with E-state index in [9.17, 15) is 0 Å². The molecule has 1 saturated carbocycles. The lowest BCUT2D eigenvalue weighted by atomic mass is 9.80.